The Kier molecular flexibility index (Phi) is 15.8. The van der Waals surface area contributed by atoms with Gasteiger partial charge in [0.25, 0.3) is 0 Å². The molecule has 0 spiro atoms. The molecule has 2 heteroatoms. The smallest absolute Gasteiger partial charge is 0.183 e. The molecule has 0 aromatic heterocycles. The van der Waals surface area contributed by atoms with Gasteiger partial charge in [-0.2, -0.15) is 0 Å². The van der Waals surface area contributed by atoms with Crippen LogP contribution < -0.4 is 0 Å². The third kappa shape index (κ3) is 21.4. The summed E-state index contributed by atoms with van der Waals surface area (Å²) in [5.74, 6) is 0. The second-order valence-electron chi connectivity index (χ2n) is 7.16. The first-order valence-corrected chi connectivity index (χ1v) is 13.1. The highest BCUT2D eigenvalue weighted by molar-refractivity contribution is 6.69. The van der Waals surface area contributed by atoms with Gasteiger partial charge >= 0.3 is 0 Å². The van der Waals surface area contributed by atoms with Crippen LogP contribution in [0.5, 0.6) is 0 Å². The highest BCUT2D eigenvalue weighted by Gasteiger charge is 2.12. The van der Waals surface area contributed by atoms with Crippen molar-refractivity contribution in [1.29, 1.82) is 0 Å². The first kappa shape index (κ1) is 22.4. The van der Waals surface area contributed by atoms with Crippen LogP contribution in [-0.4, -0.2) is 14.9 Å². The molecule has 0 radical (unpaired) electrons. The van der Waals surface area contributed by atoms with Crippen molar-refractivity contribution in [1.82, 2.24) is 0 Å². The molecule has 0 saturated carbocycles. The topological polar surface area (TPSA) is 9.23 Å². The standard InChI is InChI=1S/C21H40OSi/c1-5-6-7-8-9-10-11-12-13-14-15-16-17-18-19-20-21-22-23(2,3)4/h6-7,9-10,12-13H,5,8,11,14-21H2,1-4H3/b7-6-,10-9-,13-12-. The van der Waals surface area contributed by atoms with Crippen molar-refractivity contribution in [3.05, 3.63) is 36.5 Å². The molecule has 0 saturated heterocycles. The van der Waals surface area contributed by atoms with Crippen LogP contribution in [0, 0.1) is 0 Å². The fourth-order valence-electron chi connectivity index (χ4n) is 2.28. The lowest BCUT2D eigenvalue weighted by molar-refractivity contribution is 0.298. The molecule has 0 fully saturated rings. The second-order valence-corrected chi connectivity index (χ2v) is 11.7. The molecule has 0 atom stereocenters. The summed E-state index contributed by atoms with van der Waals surface area (Å²) in [5, 5.41) is 0. The minimum absolute atomic E-state index is 0.972. The summed E-state index contributed by atoms with van der Waals surface area (Å²) in [4.78, 5) is 0. The van der Waals surface area contributed by atoms with E-state index in [1.807, 2.05) is 0 Å². The van der Waals surface area contributed by atoms with Gasteiger partial charge in [-0.15, -0.1) is 0 Å². The molecule has 0 aliphatic heterocycles. The van der Waals surface area contributed by atoms with E-state index in [4.69, 9.17) is 4.43 Å². The molecule has 1 nitrogen and oxygen atoms in total. The van der Waals surface area contributed by atoms with E-state index >= 15 is 0 Å². The summed E-state index contributed by atoms with van der Waals surface area (Å²) < 4.78 is 5.87. The van der Waals surface area contributed by atoms with Gasteiger partial charge in [0.1, 0.15) is 0 Å². The second kappa shape index (κ2) is 16.3. The van der Waals surface area contributed by atoms with E-state index in [1.54, 1.807) is 0 Å². The van der Waals surface area contributed by atoms with Gasteiger partial charge in [-0.05, 0) is 58.2 Å². The van der Waals surface area contributed by atoms with Crippen molar-refractivity contribution >= 4 is 8.32 Å². The molecule has 0 heterocycles. The maximum absolute atomic E-state index is 5.87. The predicted octanol–water partition coefficient (Wildman–Crippen LogP) is 7.43. The van der Waals surface area contributed by atoms with E-state index in [9.17, 15) is 0 Å². The Morgan fingerprint density at radius 1 is 0.652 bits per heavy atom. The van der Waals surface area contributed by atoms with Gasteiger partial charge in [0.15, 0.2) is 8.32 Å². The molecule has 0 N–H and O–H groups in total. The van der Waals surface area contributed by atoms with Crippen LogP contribution >= 0.6 is 0 Å². The number of allylic oxidation sites excluding steroid dienone is 6. The van der Waals surface area contributed by atoms with Crippen molar-refractivity contribution < 1.29 is 4.43 Å². The first-order chi connectivity index (χ1) is 11.1. The molecule has 0 rings (SSSR count). The zero-order valence-electron chi connectivity index (χ0n) is 16.2. The highest BCUT2D eigenvalue weighted by Crippen LogP contribution is 2.09. The van der Waals surface area contributed by atoms with E-state index < -0.39 is 8.32 Å². The zero-order chi connectivity index (χ0) is 17.2. The fraction of sp³-hybridized carbons (Fsp3) is 0.714. The zero-order valence-corrected chi connectivity index (χ0v) is 17.2. The summed E-state index contributed by atoms with van der Waals surface area (Å²) in [6.45, 7) is 9.94. The summed E-state index contributed by atoms with van der Waals surface area (Å²) in [5.41, 5.74) is 0. The third-order valence-corrected chi connectivity index (χ3v) is 4.65. The van der Waals surface area contributed by atoms with Gasteiger partial charge in [-0.25, -0.2) is 0 Å². The van der Waals surface area contributed by atoms with Gasteiger partial charge in [0.05, 0.1) is 0 Å². The molecule has 0 bridgehead atoms. The van der Waals surface area contributed by atoms with Crippen LogP contribution in [0.15, 0.2) is 36.5 Å². The summed E-state index contributed by atoms with van der Waals surface area (Å²) >= 11 is 0. The minimum atomic E-state index is -1.28. The Morgan fingerprint density at radius 3 is 1.78 bits per heavy atom. The molecule has 0 amide bonds. The molecule has 0 aliphatic carbocycles. The molecule has 0 aromatic carbocycles. The van der Waals surface area contributed by atoms with E-state index in [1.165, 1.54) is 44.9 Å². The van der Waals surface area contributed by atoms with Crippen molar-refractivity contribution in [3.8, 4) is 0 Å². The Morgan fingerprint density at radius 2 is 1.17 bits per heavy atom. The Bertz CT molecular complexity index is 323. The highest BCUT2D eigenvalue weighted by atomic mass is 28.4. The van der Waals surface area contributed by atoms with Gasteiger partial charge < -0.3 is 4.43 Å². The molecule has 0 unspecified atom stereocenters. The Hall–Kier alpha value is -0.603. The van der Waals surface area contributed by atoms with Gasteiger partial charge in [-0.1, -0.05) is 69.1 Å². The fourth-order valence-corrected chi connectivity index (χ4v) is 3.03. The maximum Gasteiger partial charge on any atom is 0.183 e. The number of hydrogen-bond donors (Lipinski definition) is 0. The molecule has 23 heavy (non-hydrogen) atoms. The maximum atomic E-state index is 5.87. The molecular weight excluding hydrogens is 296 g/mol. The van der Waals surface area contributed by atoms with E-state index in [2.05, 4.69) is 63.0 Å². The number of rotatable bonds is 15. The summed E-state index contributed by atoms with van der Waals surface area (Å²) in [6, 6.07) is 0. The van der Waals surface area contributed by atoms with Crippen molar-refractivity contribution in [2.45, 2.75) is 90.8 Å². The van der Waals surface area contributed by atoms with Crippen molar-refractivity contribution in [2.75, 3.05) is 6.61 Å². The van der Waals surface area contributed by atoms with Crippen LogP contribution in [0.2, 0.25) is 19.6 Å². The third-order valence-electron chi connectivity index (χ3n) is 3.58. The Labute approximate surface area is 147 Å². The quantitative estimate of drug-likeness (QED) is 0.172. The molecular formula is C21H40OSi. The molecule has 0 aromatic rings. The molecule has 134 valence electrons. The average Bonchev–Trinajstić information content (AvgIpc) is 2.49. The Balaban J connectivity index is 3.24. The molecule has 0 aliphatic rings. The lowest BCUT2D eigenvalue weighted by Gasteiger charge is -2.16. The summed E-state index contributed by atoms with van der Waals surface area (Å²) in [6.07, 6.45) is 26.2. The normalized spacial score (nSPS) is 13.0. The van der Waals surface area contributed by atoms with Gasteiger partial charge in [-0.3, -0.25) is 0 Å². The largest absolute Gasteiger partial charge is 0.418 e. The SMILES string of the molecule is CC/C=C\C/C=C\C/C=C\CCCCCCCCO[Si](C)(C)C. The van der Waals surface area contributed by atoms with Crippen LogP contribution in [0.25, 0.3) is 0 Å². The van der Waals surface area contributed by atoms with Crippen molar-refractivity contribution in [3.63, 3.8) is 0 Å². The number of unbranched alkanes of at least 4 members (excludes halogenated alkanes) is 6. The average molecular weight is 337 g/mol. The van der Waals surface area contributed by atoms with Crippen molar-refractivity contribution in [2.24, 2.45) is 0 Å². The summed E-state index contributed by atoms with van der Waals surface area (Å²) in [7, 11) is -1.28. The van der Waals surface area contributed by atoms with Crippen LogP contribution in [0.3, 0.4) is 0 Å². The van der Waals surface area contributed by atoms with Gasteiger partial charge in [0, 0.05) is 6.61 Å². The minimum Gasteiger partial charge on any atom is -0.418 e. The van der Waals surface area contributed by atoms with E-state index in [-0.39, 0.29) is 0 Å². The lowest BCUT2D eigenvalue weighted by Crippen LogP contribution is -2.25. The monoisotopic (exact) mass is 336 g/mol. The first-order valence-electron chi connectivity index (χ1n) is 9.65. The van der Waals surface area contributed by atoms with Crippen LogP contribution in [-0.2, 0) is 4.43 Å². The number of hydrogen-bond acceptors (Lipinski definition) is 1. The van der Waals surface area contributed by atoms with E-state index in [0.29, 0.717) is 0 Å². The van der Waals surface area contributed by atoms with E-state index in [0.717, 1.165) is 25.9 Å². The van der Waals surface area contributed by atoms with Crippen LogP contribution in [0.1, 0.15) is 71.1 Å². The lowest BCUT2D eigenvalue weighted by atomic mass is 10.1. The van der Waals surface area contributed by atoms with Gasteiger partial charge in [0.2, 0.25) is 0 Å². The predicted molar refractivity (Wildman–Crippen MR) is 109 cm³/mol. The van der Waals surface area contributed by atoms with Crippen LogP contribution in [0.4, 0.5) is 0 Å².